The third kappa shape index (κ3) is 4.09. The molecule has 0 spiro atoms. The second kappa shape index (κ2) is 7.11. The van der Waals surface area contributed by atoms with E-state index in [-0.39, 0.29) is 6.10 Å². The molecule has 0 atom stereocenters. The van der Waals surface area contributed by atoms with E-state index in [1.54, 1.807) is 41.4 Å². The summed E-state index contributed by atoms with van der Waals surface area (Å²) in [6.07, 6.45) is 1.22. The van der Waals surface area contributed by atoms with Crippen molar-refractivity contribution in [1.29, 1.82) is 0 Å². The maximum atomic E-state index is 12.0. The van der Waals surface area contributed by atoms with Crippen LogP contribution in [0.2, 0.25) is 0 Å². The summed E-state index contributed by atoms with van der Waals surface area (Å²) < 4.78 is 11.9. The molecule has 7 nitrogen and oxygen atoms in total. The Bertz CT molecular complexity index is 672. The van der Waals surface area contributed by atoms with Gasteiger partial charge < -0.3 is 25.1 Å². The molecule has 1 aromatic heterocycles. The molecule has 8 heteroatoms. The number of aromatic nitrogens is 1. The number of halogens is 1. The van der Waals surface area contributed by atoms with Crippen LogP contribution in [0.5, 0.6) is 11.6 Å². The summed E-state index contributed by atoms with van der Waals surface area (Å²) in [6, 6.07) is 10.1. The Hall–Kier alpha value is -1.91. The van der Waals surface area contributed by atoms with Gasteiger partial charge in [-0.1, -0.05) is 0 Å². The van der Waals surface area contributed by atoms with E-state index in [2.05, 4.69) is 27.6 Å². The maximum Gasteiger partial charge on any atom is 0.415 e. The van der Waals surface area contributed by atoms with Gasteiger partial charge in [0.15, 0.2) is 0 Å². The van der Waals surface area contributed by atoms with Gasteiger partial charge in [-0.3, -0.25) is 0 Å². The molecule has 1 saturated heterocycles. The first-order valence-corrected chi connectivity index (χ1v) is 8.02. The van der Waals surface area contributed by atoms with E-state index in [1.165, 1.54) is 0 Å². The molecule has 2 N–H and O–H groups in total. The Morgan fingerprint density at radius 1 is 1.26 bits per heavy atom. The van der Waals surface area contributed by atoms with Gasteiger partial charge in [-0.25, -0.2) is 9.78 Å². The van der Waals surface area contributed by atoms with Crippen molar-refractivity contribution >= 4 is 34.4 Å². The van der Waals surface area contributed by atoms with Gasteiger partial charge in [0.1, 0.15) is 17.5 Å². The smallest absolute Gasteiger partial charge is 0.415 e. The van der Waals surface area contributed by atoms with Gasteiger partial charge in [0.2, 0.25) is 5.88 Å². The Morgan fingerprint density at radius 3 is 2.61 bits per heavy atom. The minimum absolute atomic E-state index is 0.0763. The lowest BCUT2D eigenvalue weighted by molar-refractivity contribution is -0.497. The van der Waals surface area contributed by atoms with E-state index in [1.807, 2.05) is 6.07 Å². The van der Waals surface area contributed by atoms with Gasteiger partial charge in [0.25, 0.3) is 0 Å². The molecule has 3 rings (SSSR count). The molecule has 2 heterocycles. The second-order valence-corrected chi connectivity index (χ2v) is 6.26. The zero-order valence-corrected chi connectivity index (χ0v) is 14.2. The van der Waals surface area contributed by atoms with Crippen molar-refractivity contribution in [2.45, 2.75) is 6.10 Å². The summed E-state index contributed by atoms with van der Waals surface area (Å²) >= 11 is 2.17. The third-order valence-corrected chi connectivity index (χ3v) is 3.95. The van der Waals surface area contributed by atoms with Crippen molar-refractivity contribution in [2.75, 3.05) is 13.1 Å². The highest BCUT2D eigenvalue weighted by atomic mass is 127. The summed E-state index contributed by atoms with van der Waals surface area (Å²) in [4.78, 5) is 17.7. The topological polar surface area (TPSA) is 91.3 Å². The molecule has 0 unspecified atom stereocenters. The fraction of sp³-hybridized carbons (Fsp3) is 0.200. The number of rotatable bonds is 4. The number of ether oxygens (including phenoxy) is 2. The standard InChI is InChI=1S/C15H14IN3O4/c16-10-1-6-14(17-7-10)22-13-8-19(9-13)15(20)23-12-4-2-11(18-21)3-5-12/h1-7,13H,8-9,18H2. The number of hydrogen-bond acceptors (Lipinski definition) is 5. The van der Waals surface area contributed by atoms with Crippen molar-refractivity contribution < 1.29 is 19.7 Å². The van der Waals surface area contributed by atoms with Crippen molar-refractivity contribution in [2.24, 2.45) is 0 Å². The van der Waals surface area contributed by atoms with Crippen LogP contribution >= 0.6 is 22.6 Å². The monoisotopic (exact) mass is 427 g/mol. The average molecular weight is 427 g/mol. The lowest BCUT2D eigenvalue weighted by Crippen LogP contribution is -2.70. The Kier molecular flexibility index (Phi) is 4.94. The average Bonchev–Trinajstić information content (AvgIpc) is 2.53. The molecular weight excluding hydrogens is 413 g/mol. The van der Waals surface area contributed by atoms with Crippen LogP contribution in [0.25, 0.3) is 0 Å². The van der Waals surface area contributed by atoms with Gasteiger partial charge in [0, 0.05) is 28.0 Å². The van der Waals surface area contributed by atoms with Gasteiger partial charge >= 0.3 is 6.09 Å². The molecule has 1 fully saturated rings. The molecular formula is C15H14IN3O4. The Morgan fingerprint density at radius 2 is 2.00 bits per heavy atom. The highest BCUT2D eigenvalue weighted by Gasteiger charge is 2.33. The first kappa shape index (κ1) is 16.0. The molecule has 0 radical (unpaired) electrons. The van der Waals surface area contributed by atoms with Crippen LogP contribution < -0.4 is 15.0 Å². The molecule has 2 aromatic rings. The molecule has 1 amide bonds. The van der Waals surface area contributed by atoms with E-state index in [0.29, 0.717) is 30.4 Å². The van der Waals surface area contributed by atoms with Crippen LogP contribution in [0.3, 0.4) is 0 Å². The highest BCUT2D eigenvalue weighted by Crippen LogP contribution is 2.19. The lowest BCUT2D eigenvalue weighted by atomic mass is 10.2. The Balaban J connectivity index is 1.46. The van der Waals surface area contributed by atoms with Crippen molar-refractivity contribution in [3.05, 3.63) is 51.4 Å². The maximum absolute atomic E-state index is 12.0. The summed E-state index contributed by atoms with van der Waals surface area (Å²) in [6.45, 7) is 0.915. The summed E-state index contributed by atoms with van der Waals surface area (Å²) in [5.41, 5.74) is 1.27. The van der Waals surface area contributed by atoms with Crippen LogP contribution in [0.4, 0.5) is 10.5 Å². The van der Waals surface area contributed by atoms with Crippen molar-refractivity contribution in [1.82, 2.24) is 9.88 Å². The number of carbonyl (C=O) groups excluding carboxylic acids is 1. The molecule has 23 heavy (non-hydrogen) atoms. The fourth-order valence-corrected chi connectivity index (χ4v) is 2.36. The molecule has 1 aliphatic heterocycles. The predicted octanol–water partition coefficient (Wildman–Crippen LogP) is 1.64. The fourth-order valence-electron chi connectivity index (χ4n) is 2.04. The largest absolute Gasteiger partial charge is 0.630 e. The number of carbonyl (C=O) groups is 1. The van der Waals surface area contributed by atoms with Crippen LogP contribution in [-0.4, -0.2) is 35.2 Å². The van der Waals surface area contributed by atoms with Gasteiger partial charge in [-0.15, -0.1) is 0 Å². The van der Waals surface area contributed by atoms with E-state index >= 15 is 0 Å². The van der Waals surface area contributed by atoms with Gasteiger partial charge in [0.05, 0.1) is 13.1 Å². The SMILES string of the molecule is O=C(Oc1ccc([NH2+][O-])cc1)N1CC(Oc2ccc(I)cn2)C1. The third-order valence-electron chi connectivity index (χ3n) is 3.32. The number of pyridine rings is 1. The number of benzene rings is 1. The molecule has 0 bridgehead atoms. The van der Waals surface area contributed by atoms with E-state index < -0.39 is 6.09 Å². The highest BCUT2D eigenvalue weighted by molar-refractivity contribution is 14.1. The summed E-state index contributed by atoms with van der Waals surface area (Å²) in [5, 5.41) is 10.6. The van der Waals surface area contributed by atoms with Crippen molar-refractivity contribution in [3.8, 4) is 11.6 Å². The number of quaternary nitrogens is 1. The van der Waals surface area contributed by atoms with Crippen molar-refractivity contribution in [3.63, 3.8) is 0 Å². The van der Waals surface area contributed by atoms with Crippen LogP contribution in [0.1, 0.15) is 0 Å². The number of amides is 1. The van der Waals surface area contributed by atoms with Crippen LogP contribution in [0, 0.1) is 8.78 Å². The van der Waals surface area contributed by atoms with E-state index in [4.69, 9.17) is 9.47 Å². The molecule has 0 aliphatic carbocycles. The predicted molar refractivity (Wildman–Crippen MR) is 90.4 cm³/mol. The van der Waals surface area contributed by atoms with Crippen LogP contribution in [-0.2, 0) is 0 Å². The number of nitrogens with two attached hydrogens (primary N) is 1. The summed E-state index contributed by atoms with van der Waals surface area (Å²) in [7, 11) is 0. The second-order valence-electron chi connectivity index (χ2n) is 5.01. The van der Waals surface area contributed by atoms with Gasteiger partial charge in [-0.05, 0) is 40.8 Å². The number of likely N-dealkylation sites (tertiary alicyclic amines) is 1. The number of hydrogen-bond donors (Lipinski definition) is 1. The number of nitrogens with zero attached hydrogens (tertiary/aromatic N) is 2. The normalized spacial score (nSPS) is 14.3. The minimum atomic E-state index is -0.431. The van der Waals surface area contributed by atoms with Crippen LogP contribution in [0.15, 0.2) is 42.6 Å². The first-order valence-electron chi connectivity index (χ1n) is 6.94. The summed E-state index contributed by atoms with van der Waals surface area (Å²) in [5.74, 6) is 0.956. The zero-order chi connectivity index (χ0) is 16.2. The molecule has 1 aromatic carbocycles. The van der Waals surface area contributed by atoms with Gasteiger partial charge in [-0.2, -0.15) is 0 Å². The zero-order valence-electron chi connectivity index (χ0n) is 12.0. The molecule has 1 aliphatic rings. The minimum Gasteiger partial charge on any atom is -0.630 e. The quantitative estimate of drug-likeness (QED) is 0.455. The molecule has 120 valence electrons. The van der Waals surface area contributed by atoms with E-state index in [0.717, 1.165) is 9.05 Å². The first-order chi connectivity index (χ1) is 11.1. The Labute approximate surface area is 146 Å². The molecule has 0 saturated carbocycles. The lowest BCUT2D eigenvalue weighted by Gasteiger charge is -2.37. The van der Waals surface area contributed by atoms with E-state index in [9.17, 15) is 10.0 Å².